The van der Waals surface area contributed by atoms with Crippen molar-refractivity contribution in [1.82, 2.24) is 0 Å². The number of ether oxygens (including phenoxy) is 5. The molecule has 0 spiro atoms. The second kappa shape index (κ2) is 19.0. The minimum Gasteiger partial charge on any atom is -0.497 e. The van der Waals surface area contributed by atoms with Crippen LogP contribution in [-0.2, 0) is 28.2 Å². The van der Waals surface area contributed by atoms with E-state index < -0.39 is 38.7 Å². The van der Waals surface area contributed by atoms with Gasteiger partial charge in [0.05, 0.1) is 44.3 Å². The van der Waals surface area contributed by atoms with Gasteiger partial charge in [0, 0.05) is 44.8 Å². The van der Waals surface area contributed by atoms with Crippen LogP contribution in [0.1, 0.15) is 66.6 Å². The average molecular weight is 718 g/mol. The molecule has 0 bridgehead atoms. The largest absolute Gasteiger partial charge is 0.497 e. The van der Waals surface area contributed by atoms with Crippen molar-refractivity contribution in [1.29, 1.82) is 0 Å². The van der Waals surface area contributed by atoms with Gasteiger partial charge in [-0.2, -0.15) is 13.2 Å². The van der Waals surface area contributed by atoms with Gasteiger partial charge in [-0.25, -0.2) is 0 Å². The molecule has 0 unspecified atom stereocenters. The second-order valence-corrected chi connectivity index (χ2v) is 18.8. The molecule has 1 aromatic rings. The lowest BCUT2D eigenvalue weighted by atomic mass is 9.86. The van der Waals surface area contributed by atoms with Gasteiger partial charge >= 0.3 is 12.1 Å². The highest BCUT2D eigenvalue weighted by atomic mass is 28.4. The molecule has 13 heteroatoms. The van der Waals surface area contributed by atoms with Gasteiger partial charge < -0.3 is 33.4 Å². The molecule has 0 aliphatic heterocycles. The summed E-state index contributed by atoms with van der Waals surface area (Å²) < 4.78 is 75.0. The minimum absolute atomic E-state index is 0.0202. The summed E-state index contributed by atoms with van der Waals surface area (Å²) in [4.78, 5) is 23.0. The monoisotopic (exact) mass is 717 g/mol. The van der Waals surface area contributed by atoms with Crippen molar-refractivity contribution in [2.24, 2.45) is 17.8 Å². The van der Waals surface area contributed by atoms with Gasteiger partial charge in [-0.1, -0.05) is 53.7 Å². The van der Waals surface area contributed by atoms with Gasteiger partial charge in [-0.15, -0.1) is 0 Å². The van der Waals surface area contributed by atoms with Crippen LogP contribution in [-0.4, -0.2) is 80.5 Å². The Morgan fingerprint density at radius 2 is 1.55 bits per heavy atom. The predicted molar refractivity (Wildman–Crippen MR) is 189 cm³/mol. The summed E-state index contributed by atoms with van der Waals surface area (Å²) in [5.74, 6) is -2.38. The Kier molecular flexibility index (Phi) is 17.2. The molecule has 0 aromatic heterocycles. The Morgan fingerprint density at radius 1 is 0.939 bits per heavy atom. The number of aldehydes is 1. The number of rotatable bonds is 19. The van der Waals surface area contributed by atoms with Crippen LogP contribution in [0.4, 0.5) is 18.9 Å². The normalized spacial score (nSPS) is 17.5. The van der Waals surface area contributed by atoms with Crippen LogP contribution in [0, 0.1) is 17.8 Å². The summed E-state index contributed by atoms with van der Waals surface area (Å²) in [6.45, 7) is 19.0. The average Bonchev–Trinajstić information content (AvgIpc) is 3.01. The highest BCUT2D eigenvalue weighted by Gasteiger charge is 2.41. The molecule has 1 rings (SSSR count). The maximum absolute atomic E-state index is 13.1. The van der Waals surface area contributed by atoms with E-state index in [4.69, 9.17) is 28.1 Å². The molecular weight excluding hydrogens is 659 g/mol. The number of hydrogen-bond donors (Lipinski definition) is 1. The summed E-state index contributed by atoms with van der Waals surface area (Å²) in [6.07, 6.45) is -0.204. The molecule has 0 aliphatic rings. The van der Waals surface area contributed by atoms with Crippen molar-refractivity contribution in [2.45, 2.75) is 104 Å². The van der Waals surface area contributed by atoms with E-state index in [9.17, 15) is 22.8 Å². The SMILES string of the molecule is COc1cc(NC(=O)C(F)(F)F)c(OC)c([C@H](OC)[C@@H](C)C[C@H](OC)[C@H](OC)[C@@H](C)/C=C(\C)[C@H](O[Si](C)(C)C(C)(C)C)[C@@H](C)/C=C\C=O)c1. The van der Waals surface area contributed by atoms with Gasteiger partial charge in [-0.3, -0.25) is 9.59 Å². The molecule has 0 aliphatic carbocycles. The summed E-state index contributed by atoms with van der Waals surface area (Å²) in [5, 5.41) is 1.87. The number of benzene rings is 1. The zero-order valence-corrected chi connectivity index (χ0v) is 32.6. The molecule has 49 heavy (non-hydrogen) atoms. The Labute approximate surface area is 292 Å². The van der Waals surface area contributed by atoms with Crippen molar-refractivity contribution in [3.8, 4) is 11.5 Å². The Hall–Kier alpha value is -2.71. The van der Waals surface area contributed by atoms with Crippen molar-refractivity contribution in [3.63, 3.8) is 0 Å². The van der Waals surface area contributed by atoms with E-state index in [0.29, 0.717) is 12.0 Å². The first-order valence-corrected chi connectivity index (χ1v) is 19.2. The number of halogens is 3. The molecule has 0 saturated heterocycles. The van der Waals surface area contributed by atoms with E-state index in [2.05, 4.69) is 39.9 Å². The molecule has 1 N–H and O–H groups in total. The van der Waals surface area contributed by atoms with Gasteiger partial charge in [0.15, 0.2) is 8.32 Å². The van der Waals surface area contributed by atoms with E-state index in [1.165, 1.54) is 33.5 Å². The molecule has 1 aromatic carbocycles. The predicted octanol–water partition coefficient (Wildman–Crippen LogP) is 8.31. The van der Waals surface area contributed by atoms with Crippen LogP contribution in [0.5, 0.6) is 11.5 Å². The number of amides is 1. The van der Waals surface area contributed by atoms with Crippen LogP contribution >= 0.6 is 0 Å². The lowest BCUT2D eigenvalue weighted by Crippen LogP contribution is -2.46. The molecule has 0 heterocycles. The quantitative estimate of drug-likeness (QED) is 0.0660. The van der Waals surface area contributed by atoms with Gasteiger partial charge in [-0.05, 0) is 55.1 Å². The van der Waals surface area contributed by atoms with E-state index >= 15 is 0 Å². The third-order valence-corrected chi connectivity index (χ3v) is 13.8. The Morgan fingerprint density at radius 3 is 2.00 bits per heavy atom. The molecule has 9 nitrogen and oxygen atoms in total. The number of allylic oxidation sites excluding steroid dienone is 1. The van der Waals surface area contributed by atoms with Crippen molar-refractivity contribution in [3.05, 3.63) is 41.5 Å². The fraction of sp³-hybridized carbons (Fsp3) is 0.667. The summed E-state index contributed by atoms with van der Waals surface area (Å²) in [6, 6.07) is 2.87. The molecular formula is C36H58F3NO8Si. The zero-order chi connectivity index (χ0) is 37.9. The third kappa shape index (κ3) is 12.2. The van der Waals surface area contributed by atoms with Crippen molar-refractivity contribution in [2.75, 3.05) is 40.9 Å². The number of nitrogens with one attached hydrogen (secondary N) is 1. The van der Waals surface area contributed by atoms with E-state index in [1.54, 1.807) is 20.3 Å². The number of hydrogen-bond acceptors (Lipinski definition) is 8. The third-order valence-electron chi connectivity index (χ3n) is 9.35. The van der Waals surface area contributed by atoms with E-state index in [1.807, 2.05) is 39.1 Å². The first-order chi connectivity index (χ1) is 22.6. The maximum atomic E-state index is 13.1. The second-order valence-electron chi connectivity index (χ2n) is 14.0. The number of carbonyl (C=O) groups is 2. The molecule has 1 amide bonds. The van der Waals surface area contributed by atoms with E-state index in [0.717, 1.165) is 11.9 Å². The number of alkyl halides is 3. The summed E-state index contributed by atoms with van der Waals surface area (Å²) in [5.41, 5.74) is 1.20. The van der Waals surface area contributed by atoms with Crippen LogP contribution in [0.3, 0.4) is 0 Å². The topological polar surface area (TPSA) is 102 Å². The first kappa shape index (κ1) is 44.3. The lowest BCUT2D eigenvalue weighted by molar-refractivity contribution is -0.167. The molecule has 0 saturated carbocycles. The van der Waals surface area contributed by atoms with E-state index in [-0.39, 0.29) is 46.1 Å². The molecule has 0 radical (unpaired) electrons. The highest BCUT2D eigenvalue weighted by Crippen LogP contribution is 2.43. The van der Waals surface area contributed by atoms with Gasteiger partial charge in [0.25, 0.3) is 0 Å². The van der Waals surface area contributed by atoms with Crippen molar-refractivity contribution < 1.29 is 50.9 Å². The Balaban J connectivity index is 3.50. The number of methoxy groups -OCH3 is 5. The highest BCUT2D eigenvalue weighted by molar-refractivity contribution is 6.74. The number of carbonyl (C=O) groups excluding carboxylic acids is 2. The number of anilines is 1. The van der Waals surface area contributed by atoms with Crippen molar-refractivity contribution >= 4 is 26.2 Å². The van der Waals surface area contributed by atoms with Crippen LogP contribution < -0.4 is 14.8 Å². The smallest absolute Gasteiger partial charge is 0.471 e. The van der Waals surface area contributed by atoms with Crippen LogP contribution in [0.25, 0.3) is 0 Å². The molecule has 0 fully saturated rings. The molecule has 280 valence electrons. The summed E-state index contributed by atoms with van der Waals surface area (Å²) >= 11 is 0. The summed E-state index contributed by atoms with van der Waals surface area (Å²) in [7, 11) is 5.19. The van der Waals surface area contributed by atoms with Gasteiger partial charge in [0.2, 0.25) is 0 Å². The zero-order valence-electron chi connectivity index (χ0n) is 31.6. The minimum atomic E-state index is -5.10. The molecule has 7 atom stereocenters. The standard InChI is InChI=1S/C36H58F3NO8Si/c1-22(16-15-17-41)30(48-49(13,14)35(5,6)7)23(2)18-24(3)32(46-11)29(44-9)19-25(4)31(45-10)27-20-26(43-8)21-28(33(27)47-12)40-34(42)36(37,38)39/h15-18,20-22,24-25,29-32H,19H2,1-14H3,(H,40,42)/b16-15-,23-18+/t22-,24-,25-,29-,30+,31+,32+/m0/s1. The first-order valence-electron chi connectivity index (χ1n) is 16.3. The van der Waals surface area contributed by atoms with Crippen LogP contribution in [0.15, 0.2) is 35.9 Å². The maximum Gasteiger partial charge on any atom is 0.471 e. The lowest BCUT2D eigenvalue weighted by Gasteiger charge is -2.41. The fourth-order valence-corrected chi connectivity index (χ4v) is 7.12. The Bertz CT molecular complexity index is 1280. The van der Waals surface area contributed by atoms with Gasteiger partial charge in [0.1, 0.15) is 17.8 Å². The fourth-order valence-electron chi connectivity index (χ4n) is 5.73. The van der Waals surface area contributed by atoms with Crippen LogP contribution in [0.2, 0.25) is 18.1 Å².